The van der Waals surface area contributed by atoms with E-state index in [-0.39, 0.29) is 17.8 Å². The molecule has 0 saturated carbocycles. The van der Waals surface area contributed by atoms with Crippen molar-refractivity contribution >= 4 is 5.91 Å². The van der Waals surface area contributed by atoms with Gasteiger partial charge in [-0.1, -0.05) is 12.1 Å². The van der Waals surface area contributed by atoms with Crippen molar-refractivity contribution in [3.8, 4) is 11.3 Å². The summed E-state index contributed by atoms with van der Waals surface area (Å²) < 4.78 is 19.1. The topological polar surface area (TPSA) is 70.2 Å². The molecule has 7 heteroatoms. The van der Waals surface area contributed by atoms with Crippen LogP contribution in [0.2, 0.25) is 0 Å². The van der Waals surface area contributed by atoms with Crippen molar-refractivity contribution in [1.82, 2.24) is 20.4 Å². The standard InChI is InChI=1S/C23H31FN4O2/c24-20-4-1-3-18(13-20)23-19(14-26-27-23)16-28-10-8-17(9-11-28)6-7-22(29)25-15-21-5-2-12-30-21/h1,3-4,13-14,17,21H,2,5-12,15-16H2,(H,25,29)(H,26,27)/t21-/m0/s1. The number of rotatable bonds is 8. The number of carbonyl (C=O) groups excluding carboxylic acids is 1. The molecule has 30 heavy (non-hydrogen) atoms. The zero-order valence-corrected chi connectivity index (χ0v) is 17.4. The van der Waals surface area contributed by atoms with Gasteiger partial charge in [-0.25, -0.2) is 4.39 Å². The number of nitrogens with zero attached hydrogens (tertiary/aromatic N) is 2. The fourth-order valence-corrected chi connectivity index (χ4v) is 4.46. The second kappa shape index (κ2) is 10.2. The molecule has 2 aromatic rings. The van der Waals surface area contributed by atoms with Crippen molar-refractivity contribution in [3.05, 3.63) is 41.8 Å². The Labute approximate surface area is 177 Å². The first-order chi connectivity index (χ1) is 14.7. The summed E-state index contributed by atoms with van der Waals surface area (Å²) in [6.07, 6.45) is 7.95. The van der Waals surface area contributed by atoms with Crippen molar-refractivity contribution in [1.29, 1.82) is 0 Å². The Morgan fingerprint density at radius 1 is 1.30 bits per heavy atom. The minimum absolute atomic E-state index is 0.145. The number of hydrogen-bond donors (Lipinski definition) is 2. The van der Waals surface area contributed by atoms with Gasteiger partial charge in [0.15, 0.2) is 0 Å². The van der Waals surface area contributed by atoms with Crippen molar-refractivity contribution in [2.45, 2.75) is 51.2 Å². The molecule has 1 aromatic heterocycles. The largest absolute Gasteiger partial charge is 0.376 e. The van der Waals surface area contributed by atoms with Gasteiger partial charge in [0.25, 0.3) is 0 Å². The molecule has 0 unspecified atom stereocenters. The third-order valence-electron chi connectivity index (χ3n) is 6.26. The Kier molecular flexibility index (Phi) is 7.12. The molecule has 2 fully saturated rings. The molecule has 3 heterocycles. The lowest BCUT2D eigenvalue weighted by molar-refractivity contribution is -0.122. The SMILES string of the molecule is O=C(CCC1CCN(Cc2cn[nH]c2-c2cccc(F)c2)CC1)NC[C@@H]1CCCO1. The van der Waals surface area contributed by atoms with Crippen molar-refractivity contribution in [3.63, 3.8) is 0 Å². The molecule has 1 amide bonds. The van der Waals surface area contributed by atoms with E-state index in [0.717, 1.165) is 75.2 Å². The number of halogens is 1. The highest BCUT2D eigenvalue weighted by atomic mass is 19.1. The summed E-state index contributed by atoms with van der Waals surface area (Å²) in [6.45, 7) is 4.29. The van der Waals surface area contributed by atoms with E-state index in [0.29, 0.717) is 18.9 Å². The summed E-state index contributed by atoms with van der Waals surface area (Å²) >= 11 is 0. The summed E-state index contributed by atoms with van der Waals surface area (Å²) in [4.78, 5) is 14.5. The predicted molar refractivity (Wildman–Crippen MR) is 113 cm³/mol. The number of likely N-dealkylation sites (tertiary alicyclic amines) is 1. The molecule has 0 bridgehead atoms. The monoisotopic (exact) mass is 414 g/mol. The lowest BCUT2D eigenvalue weighted by atomic mass is 9.91. The Balaban J connectivity index is 1.19. The number of nitrogens with one attached hydrogen (secondary N) is 2. The first kappa shape index (κ1) is 21.0. The van der Waals surface area contributed by atoms with Crippen LogP contribution in [0.15, 0.2) is 30.5 Å². The van der Waals surface area contributed by atoms with Gasteiger partial charge in [-0.3, -0.25) is 14.8 Å². The van der Waals surface area contributed by atoms with Crippen molar-refractivity contribution in [2.75, 3.05) is 26.2 Å². The lowest BCUT2D eigenvalue weighted by Crippen LogP contribution is -2.34. The molecule has 1 aromatic carbocycles. The van der Waals surface area contributed by atoms with E-state index in [1.807, 2.05) is 12.3 Å². The number of H-pyrrole nitrogens is 1. The molecule has 0 aliphatic carbocycles. The molecule has 162 valence electrons. The van der Waals surface area contributed by atoms with Crippen LogP contribution in [0.1, 0.15) is 44.1 Å². The Morgan fingerprint density at radius 2 is 2.17 bits per heavy atom. The van der Waals surface area contributed by atoms with Gasteiger partial charge in [0.2, 0.25) is 5.91 Å². The number of benzene rings is 1. The highest BCUT2D eigenvalue weighted by molar-refractivity contribution is 5.75. The average molecular weight is 415 g/mol. The zero-order valence-electron chi connectivity index (χ0n) is 17.4. The molecule has 4 rings (SSSR count). The number of hydrogen-bond acceptors (Lipinski definition) is 4. The number of amides is 1. The second-order valence-corrected chi connectivity index (χ2v) is 8.48. The van der Waals surface area contributed by atoms with Gasteiger partial charge in [-0.05, 0) is 63.2 Å². The first-order valence-corrected chi connectivity index (χ1v) is 11.1. The number of carbonyl (C=O) groups is 1. The van der Waals surface area contributed by atoms with Gasteiger partial charge in [-0.15, -0.1) is 0 Å². The fraction of sp³-hybridized carbons (Fsp3) is 0.565. The van der Waals surface area contributed by atoms with Gasteiger partial charge < -0.3 is 10.1 Å². The Bertz CT molecular complexity index is 826. The van der Waals surface area contributed by atoms with Crippen LogP contribution in [0.4, 0.5) is 4.39 Å². The van der Waals surface area contributed by atoms with Crippen LogP contribution >= 0.6 is 0 Å². The predicted octanol–water partition coefficient (Wildman–Crippen LogP) is 3.50. The lowest BCUT2D eigenvalue weighted by Gasteiger charge is -2.31. The first-order valence-electron chi connectivity index (χ1n) is 11.1. The Hall–Kier alpha value is -2.25. The van der Waals surface area contributed by atoms with Crippen LogP contribution in [0.3, 0.4) is 0 Å². The highest BCUT2D eigenvalue weighted by Crippen LogP contribution is 2.26. The molecule has 1 atom stereocenters. The van der Waals surface area contributed by atoms with Crippen LogP contribution in [-0.4, -0.2) is 53.3 Å². The molecular weight excluding hydrogens is 383 g/mol. The number of aromatic nitrogens is 2. The maximum Gasteiger partial charge on any atom is 0.220 e. The highest BCUT2D eigenvalue weighted by Gasteiger charge is 2.22. The van der Waals surface area contributed by atoms with Gasteiger partial charge in [0.1, 0.15) is 5.82 Å². The minimum Gasteiger partial charge on any atom is -0.376 e. The van der Waals surface area contributed by atoms with E-state index in [2.05, 4.69) is 20.4 Å². The number of ether oxygens (including phenoxy) is 1. The maximum absolute atomic E-state index is 13.6. The van der Waals surface area contributed by atoms with Crippen LogP contribution < -0.4 is 5.32 Å². The van der Waals surface area contributed by atoms with Crippen LogP contribution in [0.25, 0.3) is 11.3 Å². The summed E-state index contributed by atoms with van der Waals surface area (Å²) in [6, 6.07) is 6.61. The van der Waals surface area contributed by atoms with Crippen molar-refractivity contribution in [2.24, 2.45) is 5.92 Å². The molecule has 2 aliphatic heterocycles. The van der Waals surface area contributed by atoms with Gasteiger partial charge in [-0.2, -0.15) is 5.10 Å². The van der Waals surface area contributed by atoms with E-state index in [1.165, 1.54) is 12.1 Å². The summed E-state index contributed by atoms with van der Waals surface area (Å²) in [5.74, 6) is 0.501. The molecular formula is C23H31FN4O2. The second-order valence-electron chi connectivity index (χ2n) is 8.48. The smallest absolute Gasteiger partial charge is 0.220 e. The van der Waals surface area contributed by atoms with Gasteiger partial charge >= 0.3 is 0 Å². The van der Waals surface area contributed by atoms with Crippen molar-refractivity contribution < 1.29 is 13.9 Å². The van der Waals surface area contributed by atoms with Gasteiger partial charge in [0.05, 0.1) is 18.0 Å². The van der Waals surface area contributed by atoms with Crippen LogP contribution in [0.5, 0.6) is 0 Å². The minimum atomic E-state index is -0.242. The average Bonchev–Trinajstić information content (AvgIpc) is 3.44. The quantitative estimate of drug-likeness (QED) is 0.694. The fourth-order valence-electron chi connectivity index (χ4n) is 4.46. The third kappa shape index (κ3) is 5.67. The molecule has 2 aliphatic rings. The number of aromatic amines is 1. The number of piperidine rings is 1. The molecule has 6 nitrogen and oxygen atoms in total. The maximum atomic E-state index is 13.6. The summed E-state index contributed by atoms with van der Waals surface area (Å²) in [5, 5.41) is 10.2. The van der Waals surface area contributed by atoms with E-state index < -0.39 is 0 Å². The third-order valence-corrected chi connectivity index (χ3v) is 6.26. The molecule has 2 saturated heterocycles. The van der Waals surface area contributed by atoms with E-state index >= 15 is 0 Å². The van der Waals surface area contributed by atoms with Crippen LogP contribution in [-0.2, 0) is 16.1 Å². The summed E-state index contributed by atoms with van der Waals surface area (Å²) in [7, 11) is 0. The zero-order chi connectivity index (χ0) is 20.8. The molecule has 0 spiro atoms. The Morgan fingerprint density at radius 3 is 2.93 bits per heavy atom. The van der Waals surface area contributed by atoms with Crippen LogP contribution in [0, 0.1) is 11.7 Å². The van der Waals surface area contributed by atoms with Gasteiger partial charge in [0, 0.05) is 37.2 Å². The van der Waals surface area contributed by atoms with E-state index in [4.69, 9.17) is 4.74 Å². The summed E-state index contributed by atoms with van der Waals surface area (Å²) in [5.41, 5.74) is 2.80. The molecule has 2 N–H and O–H groups in total. The normalized spacial score (nSPS) is 20.5. The van der Waals surface area contributed by atoms with E-state index in [9.17, 15) is 9.18 Å². The van der Waals surface area contributed by atoms with E-state index in [1.54, 1.807) is 6.07 Å². The molecule has 0 radical (unpaired) electrons.